The first-order valence-electron chi connectivity index (χ1n) is 5.80. The molecular weight excluding hydrogens is 246 g/mol. The zero-order valence-corrected chi connectivity index (χ0v) is 10.8. The van der Waals surface area contributed by atoms with Crippen molar-refractivity contribution in [3.05, 3.63) is 22.7 Å². The Kier molecular flexibility index (Phi) is 2.88. The fourth-order valence-electron chi connectivity index (χ4n) is 2.15. The number of nitrogens with zero attached hydrogens (tertiary/aromatic N) is 2. The molecule has 1 aliphatic rings. The van der Waals surface area contributed by atoms with Gasteiger partial charge < -0.3 is 5.32 Å². The van der Waals surface area contributed by atoms with E-state index in [1.165, 1.54) is 11.3 Å². The Morgan fingerprint density at radius 3 is 3.00 bits per heavy atom. The number of hydrogen-bond acceptors (Lipinski definition) is 6. The van der Waals surface area contributed by atoms with E-state index in [1.807, 2.05) is 13.0 Å². The third-order valence-corrected chi connectivity index (χ3v) is 3.96. The Balaban J connectivity index is 2.05. The number of hydrogen-bond donors (Lipinski definition) is 3. The van der Waals surface area contributed by atoms with E-state index in [4.69, 9.17) is 0 Å². The van der Waals surface area contributed by atoms with E-state index in [0.29, 0.717) is 5.56 Å². The molecule has 0 saturated carbocycles. The van der Waals surface area contributed by atoms with E-state index >= 15 is 0 Å². The largest absolute Gasteiger partial charge is 0.357 e. The molecule has 92 valence electrons. The van der Waals surface area contributed by atoms with E-state index in [-0.39, 0.29) is 6.29 Å². The lowest BCUT2D eigenvalue weighted by molar-refractivity contribution is 0.620. The molecule has 18 heavy (non-hydrogen) atoms. The van der Waals surface area contributed by atoms with Crippen molar-refractivity contribution in [2.45, 2.75) is 13.2 Å². The monoisotopic (exact) mass is 259 g/mol. The molecule has 2 heterocycles. The maximum absolute atomic E-state index is 9.20. The normalized spacial score (nSPS) is 16.0. The first-order valence-corrected chi connectivity index (χ1v) is 6.68. The van der Waals surface area contributed by atoms with Crippen molar-refractivity contribution in [3.8, 4) is 6.07 Å². The van der Waals surface area contributed by atoms with Gasteiger partial charge in [0.25, 0.3) is 0 Å². The van der Waals surface area contributed by atoms with Gasteiger partial charge in [-0.05, 0) is 18.6 Å². The van der Waals surface area contributed by atoms with Crippen LogP contribution in [-0.2, 0) is 0 Å². The average Bonchev–Trinajstić information content (AvgIpc) is 3.03. The molecule has 3 N–H and O–H groups in total. The van der Waals surface area contributed by atoms with Gasteiger partial charge in [0.2, 0.25) is 0 Å². The Morgan fingerprint density at radius 2 is 2.28 bits per heavy atom. The molecule has 1 fully saturated rings. The third-order valence-electron chi connectivity index (χ3n) is 3.10. The summed E-state index contributed by atoms with van der Waals surface area (Å²) in [6.07, 6.45) is 0.0614. The van der Waals surface area contributed by atoms with Crippen molar-refractivity contribution in [3.63, 3.8) is 0 Å². The van der Waals surface area contributed by atoms with Crippen molar-refractivity contribution in [1.29, 1.82) is 5.26 Å². The Bertz CT molecular complexity index is 621. The molecule has 3 rings (SSSR count). The molecule has 1 saturated heterocycles. The van der Waals surface area contributed by atoms with Gasteiger partial charge in [-0.2, -0.15) is 5.26 Å². The van der Waals surface area contributed by atoms with Crippen LogP contribution in [0.1, 0.15) is 11.1 Å². The van der Waals surface area contributed by atoms with Gasteiger partial charge in [-0.25, -0.2) is 4.98 Å². The number of fused-ring (bicyclic) bond motifs is 1. The quantitative estimate of drug-likeness (QED) is 0.759. The summed E-state index contributed by atoms with van der Waals surface area (Å²) in [4.78, 5) is 4.35. The molecule has 0 unspecified atom stereocenters. The maximum atomic E-state index is 9.20. The molecular formula is C12H13N5S. The SMILES string of the molecule is Cc1c(NC2NCCN2)cc(C#N)c2scnc12. The van der Waals surface area contributed by atoms with E-state index in [1.54, 1.807) is 5.51 Å². The molecule has 5 nitrogen and oxygen atoms in total. The van der Waals surface area contributed by atoms with Crippen molar-refractivity contribution < 1.29 is 0 Å². The topological polar surface area (TPSA) is 72.8 Å². The van der Waals surface area contributed by atoms with Gasteiger partial charge in [-0.1, -0.05) is 0 Å². The minimum Gasteiger partial charge on any atom is -0.357 e. The fourth-order valence-corrected chi connectivity index (χ4v) is 2.96. The number of thiazole rings is 1. The van der Waals surface area contributed by atoms with Crippen LogP contribution >= 0.6 is 11.3 Å². The second kappa shape index (κ2) is 4.53. The van der Waals surface area contributed by atoms with Gasteiger partial charge in [-0.3, -0.25) is 10.6 Å². The van der Waals surface area contributed by atoms with E-state index < -0.39 is 0 Å². The molecule has 0 amide bonds. The standard InChI is InChI=1S/C12H13N5S/c1-7-9(17-12-14-2-3-15-12)4-8(5-13)11-10(7)16-6-18-11/h4,6,12,14-15,17H,2-3H2,1H3. The minimum absolute atomic E-state index is 0.0614. The number of anilines is 1. The zero-order valence-electron chi connectivity index (χ0n) is 9.95. The van der Waals surface area contributed by atoms with Gasteiger partial charge in [-0.15, -0.1) is 11.3 Å². The first kappa shape index (κ1) is 11.4. The average molecular weight is 259 g/mol. The van der Waals surface area contributed by atoms with Crippen LogP contribution < -0.4 is 16.0 Å². The van der Waals surface area contributed by atoms with Crippen LogP contribution in [0.4, 0.5) is 5.69 Å². The Labute approximate surface area is 109 Å². The van der Waals surface area contributed by atoms with Crippen LogP contribution in [0.15, 0.2) is 11.6 Å². The second-order valence-corrected chi connectivity index (χ2v) is 5.08. The summed E-state index contributed by atoms with van der Waals surface area (Å²) in [6.45, 7) is 3.92. The molecule has 0 radical (unpaired) electrons. The maximum Gasteiger partial charge on any atom is 0.132 e. The minimum atomic E-state index is 0.0614. The molecule has 1 aliphatic heterocycles. The molecule has 2 aromatic rings. The number of aromatic nitrogens is 1. The predicted molar refractivity (Wildman–Crippen MR) is 72.5 cm³/mol. The number of nitriles is 1. The van der Waals surface area contributed by atoms with Crippen LogP contribution in [0.3, 0.4) is 0 Å². The van der Waals surface area contributed by atoms with Crippen molar-refractivity contribution >= 4 is 27.2 Å². The van der Waals surface area contributed by atoms with E-state index in [9.17, 15) is 5.26 Å². The predicted octanol–water partition coefficient (Wildman–Crippen LogP) is 1.36. The molecule has 0 aliphatic carbocycles. The Hall–Kier alpha value is -1.68. The fraction of sp³-hybridized carbons (Fsp3) is 0.333. The van der Waals surface area contributed by atoms with Crippen LogP contribution in [0, 0.1) is 18.3 Å². The summed E-state index contributed by atoms with van der Waals surface area (Å²) >= 11 is 1.51. The smallest absolute Gasteiger partial charge is 0.132 e. The highest BCUT2D eigenvalue weighted by atomic mass is 32.1. The van der Waals surface area contributed by atoms with Gasteiger partial charge >= 0.3 is 0 Å². The lowest BCUT2D eigenvalue weighted by atomic mass is 10.1. The second-order valence-electron chi connectivity index (χ2n) is 4.22. The summed E-state index contributed by atoms with van der Waals surface area (Å²) in [5.74, 6) is 0. The van der Waals surface area contributed by atoms with Crippen LogP contribution in [0.5, 0.6) is 0 Å². The molecule has 1 aromatic heterocycles. The summed E-state index contributed by atoms with van der Waals surface area (Å²) < 4.78 is 0.966. The van der Waals surface area contributed by atoms with Gasteiger partial charge in [0, 0.05) is 18.8 Å². The van der Waals surface area contributed by atoms with Crippen molar-refractivity contribution in [1.82, 2.24) is 15.6 Å². The highest BCUT2D eigenvalue weighted by Gasteiger charge is 2.16. The van der Waals surface area contributed by atoms with Crippen molar-refractivity contribution in [2.24, 2.45) is 0 Å². The zero-order chi connectivity index (χ0) is 12.5. The molecule has 6 heteroatoms. The third kappa shape index (κ3) is 1.82. The first-order chi connectivity index (χ1) is 8.79. The van der Waals surface area contributed by atoms with Crippen molar-refractivity contribution in [2.75, 3.05) is 18.4 Å². The van der Waals surface area contributed by atoms with Crippen LogP contribution in [-0.4, -0.2) is 24.4 Å². The Morgan fingerprint density at radius 1 is 1.50 bits per heavy atom. The van der Waals surface area contributed by atoms with Gasteiger partial charge in [0.1, 0.15) is 12.4 Å². The van der Waals surface area contributed by atoms with E-state index in [2.05, 4.69) is 27.0 Å². The lowest BCUT2D eigenvalue weighted by Gasteiger charge is -2.17. The number of benzene rings is 1. The van der Waals surface area contributed by atoms with Crippen LogP contribution in [0.25, 0.3) is 10.2 Å². The summed E-state index contributed by atoms with van der Waals surface area (Å²) in [5, 5.41) is 19.1. The lowest BCUT2D eigenvalue weighted by Crippen LogP contribution is -2.39. The summed E-state index contributed by atoms with van der Waals surface area (Å²) in [7, 11) is 0. The van der Waals surface area contributed by atoms with Gasteiger partial charge in [0.15, 0.2) is 0 Å². The number of rotatable bonds is 2. The van der Waals surface area contributed by atoms with Crippen LogP contribution in [0.2, 0.25) is 0 Å². The number of aryl methyl sites for hydroxylation is 1. The van der Waals surface area contributed by atoms with Gasteiger partial charge in [0.05, 0.1) is 21.3 Å². The molecule has 0 bridgehead atoms. The molecule has 1 aromatic carbocycles. The molecule has 0 spiro atoms. The summed E-state index contributed by atoms with van der Waals surface area (Å²) in [6, 6.07) is 4.14. The molecule has 0 atom stereocenters. The summed E-state index contributed by atoms with van der Waals surface area (Å²) in [5.41, 5.74) is 5.42. The van der Waals surface area contributed by atoms with E-state index in [0.717, 1.165) is 34.6 Å². The highest BCUT2D eigenvalue weighted by molar-refractivity contribution is 7.17. The highest BCUT2D eigenvalue weighted by Crippen LogP contribution is 2.30. The number of nitrogens with one attached hydrogen (secondary N) is 3.